The average Bonchev–Trinajstić information content (AvgIpc) is 0.882. The molecule has 8 aliphatic rings. The van der Waals surface area contributed by atoms with Gasteiger partial charge in [0, 0.05) is 129 Å². The lowest BCUT2D eigenvalue weighted by Crippen LogP contribution is -2.74. The van der Waals surface area contributed by atoms with Gasteiger partial charge in [0.15, 0.2) is 34.4 Å². The van der Waals surface area contributed by atoms with Crippen LogP contribution >= 0.6 is 0 Å². The van der Waals surface area contributed by atoms with E-state index in [1.807, 2.05) is 0 Å². The second-order valence-electron chi connectivity index (χ2n) is 39.1. The van der Waals surface area contributed by atoms with Crippen molar-refractivity contribution in [3.63, 3.8) is 0 Å². The number of halogens is 15. The molecule has 14 heterocycles. The van der Waals surface area contributed by atoms with E-state index >= 15 is 0 Å². The van der Waals surface area contributed by atoms with Crippen LogP contribution in [-0.2, 0) is 43.7 Å². The lowest BCUT2D eigenvalue weighted by atomic mass is 9.49. The van der Waals surface area contributed by atoms with Gasteiger partial charge in [-0.05, 0) is 167 Å². The number of nitrogens with one attached hydrogen (secondary N) is 2. The van der Waals surface area contributed by atoms with Crippen LogP contribution in [-0.4, -0.2) is 202 Å². The molecule has 2 N–H and O–H groups in total. The maximum Gasteiger partial charge on any atom is 0.453 e. The number of rotatable bonds is 16. The zero-order valence-electron chi connectivity index (χ0n) is 78.8. The summed E-state index contributed by atoms with van der Waals surface area (Å²) in [5.41, 5.74) is 5.05. The maximum absolute atomic E-state index is 13.1. The van der Waals surface area contributed by atoms with E-state index in [-0.39, 0.29) is 75.6 Å². The highest BCUT2D eigenvalue weighted by molar-refractivity contribution is 5.84. The summed E-state index contributed by atoms with van der Waals surface area (Å²) >= 11 is 0. The number of benzene rings is 3. The van der Waals surface area contributed by atoms with Crippen molar-refractivity contribution in [3.05, 3.63) is 172 Å². The third kappa shape index (κ3) is 23.0. The van der Waals surface area contributed by atoms with Crippen molar-refractivity contribution in [1.29, 1.82) is 0 Å². The fourth-order valence-corrected chi connectivity index (χ4v) is 20.4. The number of alkyl halides is 15. The molecule has 11 aromatic rings. The zero-order chi connectivity index (χ0) is 98.3. The second-order valence-corrected chi connectivity index (χ2v) is 39.1. The Kier molecular flexibility index (Phi) is 29.5. The number of ether oxygens (including phenoxy) is 3. The normalized spacial score (nSPS) is 21.6. The molecule has 0 radical (unpaired) electrons. The van der Waals surface area contributed by atoms with Gasteiger partial charge in [0.05, 0.1) is 5.56 Å². The number of likely N-dealkylation sites (tertiary alicyclic amines) is 2. The van der Waals surface area contributed by atoms with E-state index in [1.54, 1.807) is 10.7 Å². The van der Waals surface area contributed by atoms with Crippen LogP contribution in [0.2, 0.25) is 0 Å². The van der Waals surface area contributed by atoms with Gasteiger partial charge in [0.2, 0.25) is 17.6 Å². The molecule has 43 heteroatoms. The van der Waals surface area contributed by atoms with Gasteiger partial charge in [-0.3, -0.25) is 4.90 Å². The number of nitrogens with zero attached hydrogens (tertiary/aromatic N) is 23. The highest BCUT2D eigenvalue weighted by Gasteiger charge is 2.64. The average molecular weight is 1930 g/mol. The minimum atomic E-state index is -4.63. The van der Waals surface area contributed by atoms with Gasteiger partial charge in [-0.25, -0.2) is 0 Å². The Labute approximate surface area is 782 Å². The Morgan fingerprint density at radius 3 is 1.15 bits per heavy atom. The lowest BCUT2D eigenvalue weighted by molar-refractivity contribution is -0.172. The van der Waals surface area contributed by atoms with E-state index < -0.39 is 59.7 Å². The van der Waals surface area contributed by atoms with Gasteiger partial charge in [-0.1, -0.05) is 144 Å². The molecule has 740 valence electrons. The van der Waals surface area contributed by atoms with E-state index in [4.69, 9.17) is 19.3 Å². The Bertz CT molecular complexity index is 5940. The molecule has 0 spiro atoms. The predicted octanol–water partition coefficient (Wildman–Crippen LogP) is 19.6. The summed E-state index contributed by atoms with van der Waals surface area (Å²) in [5, 5.41) is 63.3. The quantitative estimate of drug-likeness (QED) is 0.0850. The standard InChI is InChI=1S/C26H28F3N5.C20H24F3N5.C17H24F3N5O.C16H20F3N5O.C15H20F3N5O/c1-17(2)18-3-5-19(6-4-18)20-13-15-33(16-14-20)24-12-11-23-30-31-25(34(23)32-24)21-7-9-22(10-8-21)26(27,28)29;1-13(2)14-3-5-15(6-4-14)16-9-11-27(12-10-16)18-8-7-17-24-25-19(20(21,22)23)28(17)26-18;1-9(2)21-12-15(3,4)13(16(12,5)6)26-11-8-7-10-22-23-14(17(18,19)20)25(10)24-11;1-9(2)23-10-3-4-11(23)8-12(7-10)25-14-6-5-13-20-21-15(16(17,18)19)24(13)22-14;1-9(2)19-10-3-5-11(6-4-10)24-13-8-7-12-20-21-14(15(16,17)18)23(12)22-13/h3-10,17,20H,11-16H2,1-2H3;3-6,13,16H,7-12H2,1-2H3;7-9,12-13,21H,1-6H3;5-6,9-12H,3-4,7-8H2,1-2H3;7-11,19H,3-6H2,1-2H3/t;;;10-,11+,12?;. The summed E-state index contributed by atoms with van der Waals surface area (Å²) in [6, 6.07) is 34.7. The molecule has 2 bridgehead atoms. The Hall–Kier alpha value is -11.2. The number of fused-ring (bicyclic) bond motifs is 7. The van der Waals surface area contributed by atoms with Gasteiger partial charge in [-0.15, -0.1) is 66.3 Å². The van der Waals surface area contributed by atoms with Crippen molar-refractivity contribution in [3.8, 4) is 29.0 Å². The van der Waals surface area contributed by atoms with Gasteiger partial charge < -0.3 is 34.6 Å². The number of piperidine rings is 3. The zero-order valence-corrected chi connectivity index (χ0v) is 78.8. The number of hydrogen-bond acceptors (Lipinski definition) is 23. The van der Waals surface area contributed by atoms with Crippen molar-refractivity contribution in [1.82, 2.24) is 115 Å². The molecular formula is C94H116F15N25O3. The highest BCUT2D eigenvalue weighted by atomic mass is 19.4. The molecule has 3 atom stereocenters. The van der Waals surface area contributed by atoms with Crippen LogP contribution in [0.3, 0.4) is 0 Å². The molecule has 2 aliphatic carbocycles. The van der Waals surface area contributed by atoms with E-state index in [9.17, 15) is 65.9 Å². The third-order valence-electron chi connectivity index (χ3n) is 26.8. The molecule has 19 rings (SSSR count). The molecule has 137 heavy (non-hydrogen) atoms. The Balaban J connectivity index is 0.000000131. The molecule has 1 unspecified atom stereocenters. The third-order valence-corrected chi connectivity index (χ3v) is 26.8. The molecule has 28 nitrogen and oxygen atoms in total. The number of aryl methyl sites for hydroxylation is 2. The summed E-state index contributed by atoms with van der Waals surface area (Å²) in [5.74, 6) is 1.24. The number of amidine groups is 2. The van der Waals surface area contributed by atoms with Gasteiger partial charge >= 0.3 is 30.9 Å². The van der Waals surface area contributed by atoms with Crippen molar-refractivity contribution in [2.45, 2.75) is 315 Å². The summed E-state index contributed by atoms with van der Waals surface area (Å²) in [7, 11) is 0. The first-order chi connectivity index (χ1) is 64.6. The van der Waals surface area contributed by atoms with Crippen LogP contribution < -0.4 is 24.8 Å². The van der Waals surface area contributed by atoms with Crippen molar-refractivity contribution < 1.29 is 80.1 Å². The monoisotopic (exact) mass is 1930 g/mol. The molecule has 8 aromatic heterocycles. The van der Waals surface area contributed by atoms with E-state index in [2.05, 4.69) is 242 Å². The van der Waals surface area contributed by atoms with E-state index in [1.165, 1.54) is 64.7 Å². The first-order valence-electron chi connectivity index (χ1n) is 46.8. The van der Waals surface area contributed by atoms with Crippen LogP contribution in [0.5, 0.6) is 17.6 Å². The van der Waals surface area contributed by atoms with Crippen LogP contribution in [0.1, 0.15) is 273 Å². The topological polar surface area (TPSA) is 277 Å². The Morgan fingerprint density at radius 1 is 0.372 bits per heavy atom. The van der Waals surface area contributed by atoms with Gasteiger partial charge in [0.25, 0.3) is 23.3 Å². The molecule has 6 fully saturated rings. The predicted molar refractivity (Wildman–Crippen MR) is 480 cm³/mol. The second kappa shape index (κ2) is 40.3. The van der Waals surface area contributed by atoms with Crippen molar-refractivity contribution in [2.24, 2.45) is 21.0 Å². The van der Waals surface area contributed by atoms with E-state index in [0.29, 0.717) is 110 Å². The smallest absolute Gasteiger partial charge is 0.453 e. The van der Waals surface area contributed by atoms with Crippen molar-refractivity contribution in [2.75, 3.05) is 26.2 Å². The van der Waals surface area contributed by atoms with Crippen LogP contribution in [0.25, 0.3) is 28.3 Å². The summed E-state index contributed by atoms with van der Waals surface area (Å²) in [4.78, 5) is 6.98. The largest absolute Gasteiger partial charge is 0.473 e. The summed E-state index contributed by atoms with van der Waals surface area (Å²) in [6.07, 6.45) is -8.70. The highest BCUT2D eigenvalue weighted by Crippen LogP contribution is 2.56. The van der Waals surface area contributed by atoms with Crippen molar-refractivity contribution >= 4 is 28.6 Å². The SMILES string of the molecule is CC(C)N1[C@@H]2CC[C@H]1CC(Oc1ccc3nnc(C(F)(F)F)n3n1)C2.CC(C)NC1C(C)(C)C(Oc2ccc3nnc(C(F)(F)F)n3n2)C1(C)C.CC(C)NC1CCC(Oc2ccc3nnc(C(F)(F)F)n3n2)CC1.CC(C)c1ccc(C2CCN(C3=Nn4c(nnc4-c4ccc(C(F)(F)F)cc4)CC3)CC2)cc1.CC(C)c1ccc(C2CCN(C3=Nn4c(nnc4C(F)(F)F)CC3)CC2)cc1. The first kappa shape index (κ1) is 100. The van der Waals surface area contributed by atoms with Crippen LogP contribution in [0, 0.1) is 10.8 Å². The Morgan fingerprint density at radius 2 is 0.759 bits per heavy atom. The molecule has 0 amide bonds. The first-order valence-corrected chi connectivity index (χ1v) is 46.8. The number of aromatic nitrogens is 18. The van der Waals surface area contributed by atoms with Crippen LogP contribution in [0.4, 0.5) is 65.9 Å². The lowest BCUT2D eigenvalue weighted by Gasteiger charge is -2.63. The summed E-state index contributed by atoms with van der Waals surface area (Å²) < 4.78 is 217. The molecule has 2 saturated carbocycles. The fourth-order valence-electron chi connectivity index (χ4n) is 20.4. The maximum atomic E-state index is 13.1. The fraction of sp³-hybridized carbons (Fsp3) is 0.585. The van der Waals surface area contributed by atoms with Crippen LogP contribution in [0.15, 0.2) is 119 Å². The summed E-state index contributed by atoms with van der Waals surface area (Å²) in [6.45, 7) is 33.4. The van der Waals surface area contributed by atoms with E-state index in [0.717, 1.165) is 138 Å². The minimum Gasteiger partial charge on any atom is -0.473 e. The molecule has 6 aliphatic heterocycles. The van der Waals surface area contributed by atoms with Gasteiger partial charge in [0.1, 0.15) is 30.0 Å². The molecular weight excluding hydrogens is 1810 g/mol. The van der Waals surface area contributed by atoms with Gasteiger partial charge in [-0.2, -0.15) is 99.0 Å². The molecule has 4 saturated heterocycles. The number of hydrogen-bond donors (Lipinski definition) is 2. The minimum absolute atomic E-state index is 0.0242. The molecule has 3 aromatic carbocycles.